The van der Waals surface area contributed by atoms with Crippen LogP contribution >= 0.6 is 0 Å². The fourth-order valence-corrected chi connectivity index (χ4v) is 6.70. The minimum atomic E-state index is -2.20. The zero-order chi connectivity index (χ0) is 36.3. The first-order valence-electron chi connectivity index (χ1n) is 21.2. The first-order chi connectivity index (χ1) is 23.8. The molecule has 0 saturated heterocycles. The largest absolute Gasteiger partial charge is 0.393 e. The number of hydrogen-bond acceptors (Lipinski definition) is 7. The highest BCUT2D eigenvalue weighted by Crippen LogP contribution is 2.23. The molecule has 292 valence electrons. The molecule has 0 aliphatic rings. The van der Waals surface area contributed by atoms with Crippen molar-refractivity contribution in [1.82, 2.24) is 0 Å². The molecule has 7 heteroatoms. The van der Waals surface area contributed by atoms with Crippen LogP contribution in [0.4, 0.5) is 0 Å². The van der Waals surface area contributed by atoms with E-state index in [1.54, 1.807) is 0 Å². The van der Waals surface area contributed by atoms with Gasteiger partial charge in [0.05, 0.1) is 13.2 Å². The van der Waals surface area contributed by atoms with Gasteiger partial charge in [-0.25, -0.2) is 9.59 Å². The summed E-state index contributed by atoms with van der Waals surface area (Å²) < 4.78 is 4.82. The van der Waals surface area contributed by atoms with Crippen LogP contribution < -0.4 is 0 Å². The summed E-state index contributed by atoms with van der Waals surface area (Å²) in [6, 6.07) is 0. The Morgan fingerprint density at radius 2 is 0.551 bits per heavy atom. The molecule has 0 aliphatic carbocycles. The molecule has 0 rings (SSSR count). The lowest BCUT2D eigenvalue weighted by Gasteiger charge is -2.27. The molecule has 0 aliphatic heterocycles. The summed E-state index contributed by atoms with van der Waals surface area (Å²) in [4.78, 5) is 25.3. The second-order valence-electron chi connectivity index (χ2n) is 15.2. The number of carbonyl (C=O) groups is 2. The molecule has 2 atom stereocenters. The second-order valence-corrected chi connectivity index (χ2v) is 15.2. The van der Waals surface area contributed by atoms with E-state index < -0.39 is 36.4 Å². The predicted octanol–water partition coefficient (Wildman–Crippen LogP) is 10.8. The normalized spacial score (nSPS) is 14.1. The molecule has 0 bridgehead atoms. The van der Waals surface area contributed by atoms with Crippen LogP contribution in [0.3, 0.4) is 0 Å². The summed E-state index contributed by atoms with van der Waals surface area (Å²) in [5.74, 6) is -2.53. The molecular weight excluding hydrogens is 616 g/mol. The molecule has 49 heavy (non-hydrogen) atoms. The second kappa shape index (κ2) is 34.1. The number of aliphatic hydroxyl groups excluding tert-OH is 2. The van der Waals surface area contributed by atoms with Crippen LogP contribution in [-0.2, 0) is 14.3 Å². The Labute approximate surface area is 302 Å². The summed E-state index contributed by atoms with van der Waals surface area (Å²) in [5.41, 5.74) is -4.40. The van der Waals surface area contributed by atoms with Gasteiger partial charge in [-0.15, -0.1) is 0 Å². The van der Waals surface area contributed by atoms with Gasteiger partial charge in [-0.2, -0.15) is 0 Å². The molecule has 4 N–H and O–H groups in total. The number of ether oxygens (including phenoxy) is 1. The molecular formula is C42H82O7. The lowest BCUT2D eigenvalue weighted by molar-refractivity contribution is -0.190. The third-order valence-electron chi connectivity index (χ3n) is 10.4. The first kappa shape index (κ1) is 48.0. The molecule has 0 aromatic heterocycles. The van der Waals surface area contributed by atoms with Gasteiger partial charge in [0.15, 0.2) is 11.2 Å². The minimum Gasteiger partial charge on any atom is -0.393 e. The van der Waals surface area contributed by atoms with E-state index in [1.807, 2.05) is 0 Å². The zero-order valence-corrected chi connectivity index (χ0v) is 32.5. The van der Waals surface area contributed by atoms with Crippen LogP contribution in [0.5, 0.6) is 0 Å². The van der Waals surface area contributed by atoms with Gasteiger partial charge in [0, 0.05) is 0 Å². The summed E-state index contributed by atoms with van der Waals surface area (Å²) in [6.45, 7) is 2.78. The maximum atomic E-state index is 12.6. The van der Waals surface area contributed by atoms with E-state index in [0.717, 1.165) is 38.5 Å². The maximum absolute atomic E-state index is 12.6. The highest BCUT2D eigenvalue weighted by molar-refractivity contribution is 5.94. The molecule has 0 heterocycles. The van der Waals surface area contributed by atoms with Crippen molar-refractivity contribution in [2.24, 2.45) is 0 Å². The molecule has 7 nitrogen and oxygen atoms in total. The van der Waals surface area contributed by atoms with E-state index >= 15 is 0 Å². The van der Waals surface area contributed by atoms with Crippen molar-refractivity contribution in [3.05, 3.63) is 0 Å². The van der Waals surface area contributed by atoms with E-state index in [0.29, 0.717) is 12.8 Å². The first-order valence-corrected chi connectivity index (χ1v) is 21.2. The van der Waals surface area contributed by atoms with Gasteiger partial charge in [-0.05, 0) is 25.7 Å². The third kappa shape index (κ3) is 27.3. The highest BCUT2D eigenvalue weighted by atomic mass is 16.6. The van der Waals surface area contributed by atoms with Gasteiger partial charge in [0.25, 0.3) is 0 Å². The van der Waals surface area contributed by atoms with Gasteiger partial charge < -0.3 is 25.2 Å². The number of hydrogen-bond donors (Lipinski definition) is 4. The van der Waals surface area contributed by atoms with Gasteiger partial charge in [-0.1, -0.05) is 206 Å². The fourth-order valence-electron chi connectivity index (χ4n) is 6.70. The van der Waals surface area contributed by atoms with E-state index in [-0.39, 0.29) is 12.8 Å². The van der Waals surface area contributed by atoms with Crippen LogP contribution in [0.2, 0.25) is 0 Å². The Morgan fingerprint density at radius 3 is 0.735 bits per heavy atom. The molecule has 2 unspecified atom stereocenters. The average molecular weight is 699 g/mol. The molecule has 0 aromatic rings. The number of esters is 2. The van der Waals surface area contributed by atoms with Crippen molar-refractivity contribution in [1.29, 1.82) is 0 Å². The fraction of sp³-hybridized carbons (Fsp3) is 0.952. The molecule has 0 spiro atoms. The van der Waals surface area contributed by atoms with Crippen LogP contribution in [0.15, 0.2) is 0 Å². The highest BCUT2D eigenvalue weighted by Gasteiger charge is 2.43. The van der Waals surface area contributed by atoms with E-state index in [2.05, 4.69) is 13.8 Å². The number of unbranched alkanes of at least 4 members (excludes halogenated alkanes) is 30. The van der Waals surface area contributed by atoms with Gasteiger partial charge >= 0.3 is 11.9 Å². The van der Waals surface area contributed by atoms with Gasteiger partial charge in [0.2, 0.25) is 0 Å². The summed E-state index contributed by atoms with van der Waals surface area (Å²) >= 11 is 0. The molecule has 0 saturated carbocycles. The zero-order valence-electron chi connectivity index (χ0n) is 32.5. The average Bonchev–Trinajstić information content (AvgIpc) is 3.10. The summed E-state index contributed by atoms with van der Waals surface area (Å²) in [6.07, 6.45) is 38.5. The van der Waals surface area contributed by atoms with E-state index in [4.69, 9.17) is 4.74 Å². The van der Waals surface area contributed by atoms with Crippen LogP contribution in [-0.4, -0.2) is 56.8 Å². The topological polar surface area (TPSA) is 124 Å². The lowest BCUT2D eigenvalue weighted by Crippen LogP contribution is -2.50. The molecule has 0 amide bonds. The Morgan fingerprint density at radius 1 is 0.367 bits per heavy atom. The quantitative estimate of drug-likeness (QED) is 0.0287. The van der Waals surface area contributed by atoms with Crippen molar-refractivity contribution < 1.29 is 34.8 Å². The monoisotopic (exact) mass is 699 g/mol. The number of carbonyl (C=O) groups excluding carboxylic acids is 2. The standard InChI is InChI=1S/C42H82O7/c1-3-5-7-9-11-13-15-17-19-21-23-25-27-29-31-33-35-41(47,37-43)39(45)49-40(46)42(48,38-44)36-34-32-30-28-26-24-22-20-18-16-14-12-10-8-6-4-2/h43-44,47-48H,3-38H2,1-2H3. The van der Waals surface area contributed by atoms with Crippen molar-refractivity contribution in [3.8, 4) is 0 Å². The van der Waals surface area contributed by atoms with Gasteiger partial charge in [-0.3, -0.25) is 0 Å². The van der Waals surface area contributed by atoms with Crippen LogP contribution in [0.25, 0.3) is 0 Å². The smallest absolute Gasteiger partial charge is 0.348 e. The van der Waals surface area contributed by atoms with Crippen molar-refractivity contribution in [3.63, 3.8) is 0 Å². The molecule has 0 fully saturated rings. The Hall–Kier alpha value is -1.02. The molecule has 0 aromatic carbocycles. The van der Waals surface area contributed by atoms with Crippen molar-refractivity contribution in [2.75, 3.05) is 13.2 Å². The van der Waals surface area contributed by atoms with Crippen LogP contribution in [0, 0.1) is 0 Å². The minimum absolute atomic E-state index is 0.0231. The Balaban J connectivity index is 3.98. The lowest BCUT2D eigenvalue weighted by atomic mass is 9.94. The third-order valence-corrected chi connectivity index (χ3v) is 10.4. The van der Waals surface area contributed by atoms with E-state index in [1.165, 1.54) is 154 Å². The Bertz CT molecular complexity index is 685. The predicted molar refractivity (Wildman–Crippen MR) is 203 cm³/mol. The van der Waals surface area contributed by atoms with E-state index in [9.17, 15) is 30.0 Å². The SMILES string of the molecule is CCCCCCCCCCCCCCCCCCC(O)(CO)C(=O)OC(=O)C(O)(CO)CCCCCCCCCCCCCCCCCC. The van der Waals surface area contributed by atoms with Crippen LogP contribution in [0.1, 0.15) is 232 Å². The number of rotatable bonds is 38. The molecule has 0 radical (unpaired) electrons. The number of aliphatic hydroxyl groups is 4. The van der Waals surface area contributed by atoms with Crippen molar-refractivity contribution in [2.45, 2.75) is 243 Å². The maximum Gasteiger partial charge on any atom is 0.348 e. The van der Waals surface area contributed by atoms with Gasteiger partial charge in [0.1, 0.15) is 0 Å². The summed E-state index contributed by atoms with van der Waals surface area (Å²) in [7, 11) is 0. The summed E-state index contributed by atoms with van der Waals surface area (Å²) in [5, 5.41) is 40.9. The van der Waals surface area contributed by atoms with Crippen molar-refractivity contribution >= 4 is 11.9 Å². The Kier molecular flexibility index (Phi) is 33.4.